The average molecular weight is 564 g/mol. The van der Waals surface area contributed by atoms with Gasteiger partial charge in [0.25, 0.3) is 12.6 Å². The molecule has 210 valence electrons. The van der Waals surface area contributed by atoms with Crippen LogP contribution in [0.4, 0.5) is 4.79 Å². The molecule has 1 saturated heterocycles. The monoisotopic (exact) mass is 563 g/mol. The van der Waals surface area contributed by atoms with Crippen LogP contribution in [0.3, 0.4) is 0 Å². The third-order valence-electron chi connectivity index (χ3n) is 6.22. The molecule has 2 amide bonds. The number of aromatic nitrogens is 1. The van der Waals surface area contributed by atoms with Crippen LogP contribution in [-0.2, 0) is 30.6 Å². The SMILES string of the molecule is COC(=O)C(c1ccccc1)C1CCCCN1C(=O)OC[n+]1cccc(C(=O)NC(CC(=O)O)C(=O)O)c1.[Cl-]. The van der Waals surface area contributed by atoms with Crippen molar-refractivity contribution < 1.29 is 60.6 Å². The molecule has 12 nitrogen and oxygen atoms in total. The molecule has 0 aliphatic carbocycles. The topological polar surface area (TPSA) is 163 Å². The van der Waals surface area contributed by atoms with Crippen molar-refractivity contribution in [2.75, 3.05) is 13.7 Å². The number of nitrogens with zero attached hydrogens (tertiary/aromatic N) is 2. The first kappa shape index (κ1) is 31.0. The number of hydrogen-bond donors (Lipinski definition) is 3. The molecule has 3 atom stereocenters. The third kappa shape index (κ3) is 8.40. The molecule has 1 aliphatic heterocycles. The zero-order valence-corrected chi connectivity index (χ0v) is 22.0. The van der Waals surface area contributed by atoms with Crippen LogP contribution in [0.5, 0.6) is 0 Å². The second kappa shape index (κ2) is 14.7. The van der Waals surface area contributed by atoms with Gasteiger partial charge < -0.3 is 42.3 Å². The summed E-state index contributed by atoms with van der Waals surface area (Å²) in [5.74, 6) is -4.77. The number of carboxylic acid groups (broad SMARTS) is 2. The predicted octanol–water partition coefficient (Wildman–Crippen LogP) is -1.46. The average Bonchev–Trinajstić information content (AvgIpc) is 2.92. The molecule has 39 heavy (non-hydrogen) atoms. The minimum Gasteiger partial charge on any atom is -1.00 e. The van der Waals surface area contributed by atoms with Gasteiger partial charge in [-0.3, -0.25) is 14.4 Å². The number of likely N-dealkylation sites (tertiary alicyclic amines) is 1. The van der Waals surface area contributed by atoms with Gasteiger partial charge in [-0.15, -0.1) is 0 Å². The van der Waals surface area contributed by atoms with Gasteiger partial charge in [0.15, 0.2) is 12.4 Å². The summed E-state index contributed by atoms with van der Waals surface area (Å²) >= 11 is 0. The van der Waals surface area contributed by atoms with Crippen molar-refractivity contribution in [3.63, 3.8) is 0 Å². The number of ether oxygens (including phenoxy) is 2. The maximum Gasteiger partial charge on any atom is 0.414 e. The van der Waals surface area contributed by atoms with E-state index in [0.717, 1.165) is 18.4 Å². The highest BCUT2D eigenvalue weighted by Crippen LogP contribution is 2.32. The van der Waals surface area contributed by atoms with E-state index in [4.69, 9.17) is 19.7 Å². The van der Waals surface area contributed by atoms with Crippen LogP contribution < -0.4 is 22.3 Å². The molecule has 0 spiro atoms. The number of pyridine rings is 1. The molecule has 1 aliphatic rings. The van der Waals surface area contributed by atoms with E-state index in [1.807, 2.05) is 30.3 Å². The Morgan fingerprint density at radius 1 is 1.08 bits per heavy atom. The van der Waals surface area contributed by atoms with E-state index in [1.54, 1.807) is 6.20 Å². The van der Waals surface area contributed by atoms with Gasteiger partial charge in [0, 0.05) is 12.6 Å². The van der Waals surface area contributed by atoms with Gasteiger partial charge in [0.1, 0.15) is 17.5 Å². The summed E-state index contributed by atoms with van der Waals surface area (Å²) in [5, 5.41) is 20.2. The highest BCUT2D eigenvalue weighted by Gasteiger charge is 2.39. The molecule has 0 radical (unpaired) electrons. The number of hydrogen-bond acceptors (Lipinski definition) is 7. The first-order chi connectivity index (χ1) is 18.2. The highest BCUT2D eigenvalue weighted by atomic mass is 35.5. The Labute approximate surface area is 230 Å². The Morgan fingerprint density at radius 2 is 1.79 bits per heavy atom. The fraction of sp³-hybridized carbons (Fsp3) is 0.385. The van der Waals surface area contributed by atoms with E-state index < -0.39 is 54.3 Å². The quantitative estimate of drug-likeness (QED) is 0.231. The Morgan fingerprint density at radius 3 is 2.44 bits per heavy atom. The van der Waals surface area contributed by atoms with E-state index in [-0.39, 0.29) is 24.7 Å². The van der Waals surface area contributed by atoms with Gasteiger partial charge in [-0.2, -0.15) is 4.57 Å². The Balaban J connectivity index is 0.00000533. The zero-order chi connectivity index (χ0) is 27.7. The highest BCUT2D eigenvalue weighted by molar-refractivity contribution is 5.96. The summed E-state index contributed by atoms with van der Waals surface area (Å²) in [6, 6.07) is 9.95. The number of aliphatic carboxylic acids is 2. The fourth-order valence-corrected chi connectivity index (χ4v) is 4.40. The lowest BCUT2D eigenvalue weighted by Gasteiger charge is -2.38. The fourth-order valence-electron chi connectivity index (χ4n) is 4.40. The second-order valence-corrected chi connectivity index (χ2v) is 8.78. The van der Waals surface area contributed by atoms with Gasteiger partial charge in [-0.25, -0.2) is 9.59 Å². The van der Waals surface area contributed by atoms with E-state index >= 15 is 0 Å². The number of halogens is 1. The third-order valence-corrected chi connectivity index (χ3v) is 6.22. The van der Waals surface area contributed by atoms with Crippen molar-refractivity contribution in [1.29, 1.82) is 0 Å². The summed E-state index contributed by atoms with van der Waals surface area (Å²) in [6.45, 7) is 0.145. The molecule has 1 fully saturated rings. The zero-order valence-electron chi connectivity index (χ0n) is 21.2. The normalized spacial score (nSPS) is 16.1. The number of carbonyl (C=O) groups is 5. The minimum absolute atomic E-state index is 0. The molecule has 3 N–H and O–H groups in total. The van der Waals surface area contributed by atoms with Crippen molar-refractivity contribution >= 4 is 29.9 Å². The predicted molar refractivity (Wildman–Crippen MR) is 130 cm³/mol. The summed E-state index contributed by atoms with van der Waals surface area (Å²) < 4.78 is 12.0. The summed E-state index contributed by atoms with van der Waals surface area (Å²) in [6.07, 6.45) is 3.65. The largest absolute Gasteiger partial charge is 1.00 e. The first-order valence-corrected chi connectivity index (χ1v) is 12.0. The van der Waals surface area contributed by atoms with Crippen molar-refractivity contribution in [3.05, 3.63) is 66.0 Å². The Bertz CT molecular complexity index is 1180. The molecule has 3 unspecified atom stereocenters. The van der Waals surface area contributed by atoms with Crippen molar-refractivity contribution in [1.82, 2.24) is 10.2 Å². The van der Waals surface area contributed by atoms with E-state index in [2.05, 4.69) is 5.32 Å². The van der Waals surface area contributed by atoms with Crippen LogP contribution >= 0.6 is 0 Å². The first-order valence-electron chi connectivity index (χ1n) is 12.0. The molecule has 2 heterocycles. The van der Waals surface area contributed by atoms with Gasteiger partial charge in [0.2, 0.25) is 0 Å². The lowest BCUT2D eigenvalue weighted by molar-refractivity contribution is -0.727. The van der Waals surface area contributed by atoms with E-state index in [9.17, 15) is 24.0 Å². The standard InChI is InChI=1S/C26H29N3O9.ClH/c1-37-25(35)22(17-8-3-2-4-9-17)20-11-5-6-13-29(20)26(36)38-16-28-12-7-10-18(15-28)23(32)27-19(24(33)34)14-21(30)31;/h2-4,7-10,12,15,19-20,22H,5-6,11,13-14,16H2,1H3,(H2-,27,30,31,32,33,34);1H. The lowest BCUT2D eigenvalue weighted by Crippen LogP contribution is -3.00. The van der Waals surface area contributed by atoms with Crippen LogP contribution in [0, 0.1) is 0 Å². The Kier molecular flexibility index (Phi) is 11.7. The number of carboxylic acids is 2. The van der Waals surface area contributed by atoms with Gasteiger partial charge in [-0.1, -0.05) is 30.3 Å². The van der Waals surface area contributed by atoms with Crippen molar-refractivity contribution in [3.8, 4) is 0 Å². The molecule has 13 heteroatoms. The van der Waals surface area contributed by atoms with E-state index in [1.165, 1.54) is 34.9 Å². The minimum atomic E-state index is -1.60. The molecule has 1 aromatic carbocycles. The van der Waals surface area contributed by atoms with E-state index in [0.29, 0.717) is 13.0 Å². The summed E-state index contributed by atoms with van der Waals surface area (Å²) in [4.78, 5) is 62.0. The molecule has 0 saturated carbocycles. The maximum absolute atomic E-state index is 13.1. The number of esters is 1. The molecular weight excluding hydrogens is 534 g/mol. The van der Waals surface area contributed by atoms with Crippen LogP contribution in [0.25, 0.3) is 0 Å². The molecule has 1 aromatic heterocycles. The number of nitrogens with one attached hydrogen (secondary N) is 1. The molecule has 3 rings (SSSR count). The van der Waals surface area contributed by atoms with Crippen molar-refractivity contribution in [2.24, 2.45) is 0 Å². The number of piperidine rings is 1. The number of carbonyl (C=O) groups excluding carboxylic acids is 3. The number of methoxy groups -OCH3 is 1. The second-order valence-electron chi connectivity index (χ2n) is 8.78. The van der Waals surface area contributed by atoms with Gasteiger partial charge in [0.05, 0.1) is 19.6 Å². The smallest absolute Gasteiger partial charge is 0.414 e. The van der Waals surface area contributed by atoms with Crippen LogP contribution in [0.1, 0.15) is 47.5 Å². The van der Waals surface area contributed by atoms with Crippen molar-refractivity contribution in [2.45, 2.75) is 50.4 Å². The molecule has 2 aromatic rings. The van der Waals surface area contributed by atoms with Gasteiger partial charge in [-0.05, 0) is 30.9 Å². The van der Waals surface area contributed by atoms with Crippen LogP contribution in [-0.4, -0.2) is 70.8 Å². The molecular formula is C26H30ClN3O9. The summed E-state index contributed by atoms with van der Waals surface area (Å²) in [7, 11) is 1.31. The number of amides is 2. The van der Waals surface area contributed by atoms with Crippen LogP contribution in [0.2, 0.25) is 0 Å². The maximum atomic E-state index is 13.1. The van der Waals surface area contributed by atoms with Gasteiger partial charge >= 0.3 is 24.0 Å². The number of rotatable bonds is 10. The Hall–Kier alpha value is -4.19. The van der Waals surface area contributed by atoms with Crippen LogP contribution in [0.15, 0.2) is 54.9 Å². The summed E-state index contributed by atoms with van der Waals surface area (Å²) in [5.41, 5.74) is 0.783. The molecule has 0 bridgehead atoms. The number of benzene rings is 1. The lowest BCUT2D eigenvalue weighted by atomic mass is 9.85.